The molecule has 0 aliphatic rings. The fraction of sp³-hybridized carbons (Fsp3) is 0.190. The molecule has 0 aromatic heterocycles. The summed E-state index contributed by atoms with van der Waals surface area (Å²) < 4.78 is 0. The van der Waals surface area contributed by atoms with Crippen molar-refractivity contribution in [1.82, 2.24) is 0 Å². The molecular formula is C42H40Cl2Zr. The summed E-state index contributed by atoms with van der Waals surface area (Å²) in [4.78, 5) is 0. The van der Waals surface area contributed by atoms with Crippen LogP contribution in [0.3, 0.4) is 0 Å². The van der Waals surface area contributed by atoms with Gasteiger partial charge < -0.3 is 0 Å². The Bertz CT molecular complexity index is 2010. The Hall–Kier alpha value is -2.96. The van der Waals surface area contributed by atoms with Crippen LogP contribution in [0.25, 0.3) is 54.6 Å². The van der Waals surface area contributed by atoms with E-state index in [0.29, 0.717) is 5.92 Å². The van der Waals surface area contributed by atoms with Crippen LogP contribution in [0.4, 0.5) is 0 Å². The van der Waals surface area contributed by atoms with Gasteiger partial charge in [-0.25, -0.2) is 0 Å². The number of hydrogen-bond donors (Lipinski definition) is 0. The first kappa shape index (κ1) is 33.4. The van der Waals surface area contributed by atoms with Gasteiger partial charge in [-0.05, 0) is 38.8 Å². The van der Waals surface area contributed by atoms with E-state index in [1.807, 2.05) is 0 Å². The molecule has 0 spiro atoms. The molecule has 0 heterocycles. The minimum absolute atomic E-state index is 0.210. The van der Waals surface area contributed by atoms with Gasteiger partial charge in [-0.3, -0.25) is 0 Å². The van der Waals surface area contributed by atoms with E-state index in [2.05, 4.69) is 169 Å². The second-order valence-corrected chi connectivity index (χ2v) is 16.8. The van der Waals surface area contributed by atoms with Gasteiger partial charge in [-0.2, -0.15) is 12.1 Å². The molecule has 0 bridgehead atoms. The van der Waals surface area contributed by atoms with Gasteiger partial charge >= 0.3 is 37.9 Å². The summed E-state index contributed by atoms with van der Waals surface area (Å²) >= 11 is -0.826. The molecule has 0 atom stereocenters. The Morgan fingerprint density at radius 3 is 1.78 bits per heavy atom. The van der Waals surface area contributed by atoms with Crippen LogP contribution >= 0.6 is 17.0 Å². The fourth-order valence-corrected chi connectivity index (χ4v) is 6.07. The number of fused-ring (bicyclic) bond motifs is 3. The van der Waals surface area contributed by atoms with Gasteiger partial charge in [0.25, 0.3) is 0 Å². The molecule has 226 valence electrons. The van der Waals surface area contributed by atoms with Gasteiger partial charge in [0.2, 0.25) is 0 Å². The monoisotopic (exact) mass is 704 g/mol. The van der Waals surface area contributed by atoms with E-state index in [4.69, 9.17) is 17.0 Å². The maximum absolute atomic E-state index is 4.93. The quantitative estimate of drug-likeness (QED) is 0.161. The van der Waals surface area contributed by atoms with Crippen molar-refractivity contribution in [3.05, 3.63) is 144 Å². The fourth-order valence-electron chi connectivity index (χ4n) is 6.07. The van der Waals surface area contributed by atoms with Crippen molar-refractivity contribution in [1.29, 1.82) is 0 Å². The second-order valence-electron chi connectivity index (χ2n) is 13.0. The van der Waals surface area contributed by atoms with Crippen molar-refractivity contribution >= 4 is 49.3 Å². The van der Waals surface area contributed by atoms with E-state index in [1.165, 1.54) is 71.3 Å². The first-order valence-electron chi connectivity index (χ1n) is 15.5. The predicted octanol–water partition coefficient (Wildman–Crippen LogP) is 13.7. The molecule has 0 N–H and O–H groups in total. The molecule has 0 aliphatic carbocycles. The summed E-state index contributed by atoms with van der Waals surface area (Å²) in [5.41, 5.74) is 9.63. The molecule has 0 radical (unpaired) electrons. The maximum atomic E-state index is 4.93. The molecule has 7 rings (SSSR count). The zero-order valence-corrected chi connectivity index (χ0v) is 30.9. The molecule has 7 aromatic carbocycles. The molecule has 0 unspecified atom stereocenters. The third-order valence-electron chi connectivity index (χ3n) is 8.48. The zero-order valence-electron chi connectivity index (χ0n) is 27.0. The summed E-state index contributed by atoms with van der Waals surface area (Å²) in [7, 11) is 9.87. The molecule has 0 nitrogen and oxygen atoms in total. The summed E-state index contributed by atoms with van der Waals surface area (Å²) in [6, 6.07) is 46.6. The molecule has 0 amide bonds. The summed E-state index contributed by atoms with van der Waals surface area (Å²) in [6.07, 6.45) is 0. The first-order chi connectivity index (χ1) is 21.6. The first-order valence-corrected chi connectivity index (χ1v) is 21.8. The van der Waals surface area contributed by atoms with Gasteiger partial charge in [0.05, 0.1) is 0 Å². The van der Waals surface area contributed by atoms with Crippen molar-refractivity contribution in [3.8, 4) is 22.3 Å². The molecule has 3 heteroatoms. The molecule has 7 aromatic rings. The zero-order chi connectivity index (χ0) is 32.1. The summed E-state index contributed by atoms with van der Waals surface area (Å²) in [5, 5.41) is 8.02. The van der Waals surface area contributed by atoms with E-state index < -0.39 is 20.8 Å². The van der Waals surface area contributed by atoms with Crippen molar-refractivity contribution in [2.24, 2.45) is 0 Å². The van der Waals surface area contributed by atoms with Crippen LogP contribution < -0.4 is 0 Å². The Morgan fingerprint density at radius 2 is 1.13 bits per heavy atom. The molecule has 0 saturated carbocycles. The Balaban J connectivity index is 0.000000165. The van der Waals surface area contributed by atoms with Gasteiger partial charge in [0.1, 0.15) is 0 Å². The molecule has 45 heavy (non-hydrogen) atoms. The molecular weight excluding hydrogens is 667 g/mol. The topological polar surface area (TPSA) is 0 Å². The Kier molecular flexibility index (Phi) is 10.9. The van der Waals surface area contributed by atoms with Gasteiger partial charge in [0, 0.05) is 0 Å². The van der Waals surface area contributed by atoms with Crippen molar-refractivity contribution < 1.29 is 20.8 Å². The average Bonchev–Trinajstić information content (AvgIpc) is 3.64. The van der Waals surface area contributed by atoms with Crippen LogP contribution in [0.1, 0.15) is 57.2 Å². The second kappa shape index (κ2) is 14.6. The standard InChI is InChI=1S/C22H19.C20H21.2ClH.Zr/c1-15(2)18-13-17-9-6-12-21(22(17)14-18)20-11-5-8-16-7-3-4-10-19(16)20;1-14-12-16-6-5-7-18(19(16)13-14)15-8-10-17(11-9-15)20(2,3)4;;;/h3-15H,1-2H3;5-13H,1-4H3;2*1H;/q2*-1;;;+4/p-2. The van der Waals surface area contributed by atoms with Crippen LogP contribution in [0.2, 0.25) is 0 Å². The van der Waals surface area contributed by atoms with Crippen LogP contribution in [0, 0.1) is 6.92 Å². The van der Waals surface area contributed by atoms with Crippen LogP contribution in [0.15, 0.2) is 127 Å². The van der Waals surface area contributed by atoms with Gasteiger partial charge in [-0.1, -0.05) is 132 Å². The summed E-state index contributed by atoms with van der Waals surface area (Å²) in [5.74, 6) is 0.563. The van der Waals surface area contributed by atoms with Crippen LogP contribution in [-0.2, 0) is 26.3 Å². The number of aryl methyl sites for hydroxylation is 1. The molecule has 0 fully saturated rings. The number of hydrogen-bond acceptors (Lipinski definition) is 0. The third kappa shape index (κ3) is 7.72. The van der Waals surface area contributed by atoms with Gasteiger partial charge in [0.15, 0.2) is 0 Å². The van der Waals surface area contributed by atoms with E-state index in [1.54, 1.807) is 0 Å². The third-order valence-corrected chi connectivity index (χ3v) is 8.48. The number of rotatable bonds is 3. The van der Waals surface area contributed by atoms with E-state index in [0.717, 1.165) is 0 Å². The van der Waals surface area contributed by atoms with Gasteiger partial charge in [-0.15, -0.1) is 69.1 Å². The predicted molar refractivity (Wildman–Crippen MR) is 197 cm³/mol. The van der Waals surface area contributed by atoms with E-state index in [9.17, 15) is 0 Å². The SMILES string of the molecule is CC(C)c1cc2c(-c3cccc4ccccc34)cccc2[cH-]1.Cc1cc2c(-c3ccc(C(C)(C)C)cc3)cccc2[cH-]1.[Cl][Zr+2][Cl]. The van der Waals surface area contributed by atoms with Crippen LogP contribution in [-0.4, -0.2) is 0 Å². The average molecular weight is 707 g/mol. The normalized spacial score (nSPS) is 11.2. The van der Waals surface area contributed by atoms with E-state index in [-0.39, 0.29) is 5.41 Å². The van der Waals surface area contributed by atoms with E-state index >= 15 is 0 Å². The van der Waals surface area contributed by atoms with Crippen LogP contribution in [0.5, 0.6) is 0 Å². The number of halogens is 2. The molecule has 0 aliphatic heterocycles. The Morgan fingerprint density at radius 1 is 0.600 bits per heavy atom. The number of benzene rings is 5. The minimum atomic E-state index is -0.826. The van der Waals surface area contributed by atoms with Crippen molar-refractivity contribution in [2.75, 3.05) is 0 Å². The van der Waals surface area contributed by atoms with Crippen molar-refractivity contribution in [2.45, 2.75) is 52.9 Å². The molecule has 0 saturated heterocycles. The Labute approximate surface area is 287 Å². The van der Waals surface area contributed by atoms with Crippen molar-refractivity contribution in [3.63, 3.8) is 0 Å². The summed E-state index contributed by atoms with van der Waals surface area (Å²) in [6.45, 7) is 13.4.